The smallest absolute Gasteiger partial charge is 0.0883 e. The van der Waals surface area contributed by atoms with Gasteiger partial charge in [-0.25, -0.2) is 0 Å². The minimum atomic E-state index is 0.225. The van der Waals surface area contributed by atoms with E-state index in [0.717, 1.165) is 19.3 Å². The van der Waals surface area contributed by atoms with Gasteiger partial charge in [0.15, 0.2) is 0 Å². The van der Waals surface area contributed by atoms with Crippen LogP contribution in [-0.2, 0) is 9.05 Å². The van der Waals surface area contributed by atoms with E-state index in [2.05, 4.69) is 32.2 Å². The maximum Gasteiger partial charge on any atom is 0.0883 e. The van der Waals surface area contributed by atoms with E-state index in [1.165, 1.54) is 0 Å². The van der Waals surface area contributed by atoms with Crippen LogP contribution in [0.3, 0.4) is 0 Å². The molecule has 5 heteroatoms. The van der Waals surface area contributed by atoms with Gasteiger partial charge in [0.25, 0.3) is 0 Å². The monoisotopic (exact) mass is 228 g/mol. The van der Waals surface area contributed by atoms with Gasteiger partial charge < -0.3 is 9.05 Å². The average molecular weight is 228 g/mol. The molecule has 12 heavy (non-hydrogen) atoms. The van der Waals surface area contributed by atoms with E-state index < -0.39 is 0 Å². The van der Waals surface area contributed by atoms with Gasteiger partial charge >= 0.3 is 0 Å². The first-order valence-corrected chi connectivity index (χ1v) is 7.45. The van der Waals surface area contributed by atoms with Crippen LogP contribution < -0.4 is 0 Å². The Morgan fingerprint density at radius 3 is 2.33 bits per heavy atom. The predicted octanol–water partition coefficient (Wildman–Crippen LogP) is 3.14. The molecule has 0 saturated carbocycles. The highest BCUT2D eigenvalue weighted by Gasteiger charge is 2.18. The third kappa shape index (κ3) is 5.05. The van der Waals surface area contributed by atoms with Gasteiger partial charge in [0.05, 0.1) is 12.2 Å². The number of hydrogen-bond donors (Lipinski definition) is 0. The van der Waals surface area contributed by atoms with Crippen LogP contribution in [-0.4, -0.2) is 12.2 Å². The van der Waals surface area contributed by atoms with Crippen LogP contribution in [0.5, 0.6) is 0 Å². The zero-order valence-electron chi connectivity index (χ0n) is 7.75. The molecule has 0 N–H and O–H groups in total. The van der Waals surface area contributed by atoms with E-state index in [4.69, 9.17) is 9.05 Å². The zero-order valence-corrected chi connectivity index (χ0v) is 11.1. The molecule has 0 bridgehead atoms. The molecular formula is C7H19O2P3. The molecular weight excluding hydrogens is 209 g/mol. The molecule has 2 nitrogen and oxygen atoms in total. The van der Waals surface area contributed by atoms with Crippen molar-refractivity contribution in [3.05, 3.63) is 0 Å². The Kier molecular flexibility index (Phi) is 9.68. The molecule has 0 aromatic rings. The van der Waals surface area contributed by atoms with Crippen molar-refractivity contribution in [3.8, 4) is 0 Å². The Labute approximate surface area is 81.8 Å². The second-order valence-corrected chi connectivity index (χ2v) is 4.10. The van der Waals surface area contributed by atoms with Gasteiger partial charge in [-0.15, -0.1) is 0 Å². The third-order valence-corrected chi connectivity index (χ3v) is 2.98. The molecule has 0 heterocycles. The lowest BCUT2D eigenvalue weighted by atomic mass is 10.1. The molecule has 0 spiro atoms. The van der Waals surface area contributed by atoms with Crippen molar-refractivity contribution in [2.75, 3.05) is 0 Å². The zero-order chi connectivity index (χ0) is 9.40. The van der Waals surface area contributed by atoms with Crippen molar-refractivity contribution in [2.45, 2.75) is 45.3 Å². The Hall–Kier alpha value is 1.21. The van der Waals surface area contributed by atoms with Crippen LogP contribution in [0.15, 0.2) is 0 Å². The molecule has 0 aromatic heterocycles. The summed E-state index contributed by atoms with van der Waals surface area (Å²) in [7, 11) is 5.40. The molecule has 0 radical (unpaired) electrons. The normalized spacial score (nSPS) is 17.0. The molecule has 0 aromatic carbocycles. The maximum absolute atomic E-state index is 5.58. The molecule has 0 rings (SSSR count). The lowest BCUT2D eigenvalue weighted by molar-refractivity contribution is 0.0719. The Balaban J connectivity index is 3.86. The highest BCUT2D eigenvalue weighted by Crippen LogP contribution is 2.29. The molecule has 0 aliphatic carbocycles. The lowest BCUT2D eigenvalue weighted by Gasteiger charge is -2.23. The van der Waals surface area contributed by atoms with E-state index in [0.29, 0.717) is 8.50 Å². The summed E-state index contributed by atoms with van der Waals surface area (Å²) in [5, 5.41) is 0. The summed E-state index contributed by atoms with van der Waals surface area (Å²) in [6.07, 6.45) is 3.71. The van der Waals surface area contributed by atoms with Crippen molar-refractivity contribution in [1.82, 2.24) is 0 Å². The molecule has 0 aliphatic rings. The van der Waals surface area contributed by atoms with Crippen molar-refractivity contribution in [2.24, 2.45) is 0 Å². The summed E-state index contributed by atoms with van der Waals surface area (Å²) in [5.74, 6) is 0. The second-order valence-electron chi connectivity index (χ2n) is 2.65. The largest absolute Gasteiger partial charge is 0.360 e. The van der Waals surface area contributed by atoms with Gasteiger partial charge in [0.1, 0.15) is 0 Å². The molecule has 4 unspecified atom stereocenters. The fraction of sp³-hybridized carbons (Fsp3) is 1.00. The van der Waals surface area contributed by atoms with Gasteiger partial charge in [0, 0.05) is 18.0 Å². The second kappa shape index (κ2) is 8.79. The first-order valence-electron chi connectivity index (χ1n) is 4.26. The van der Waals surface area contributed by atoms with E-state index in [1.54, 1.807) is 0 Å². The molecule has 0 aliphatic heterocycles. The number of rotatable bonds is 7. The number of hydrogen-bond acceptors (Lipinski definition) is 2. The summed E-state index contributed by atoms with van der Waals surface area (Å²) in [6.45, 7) is 4.28. The fourth-order valence-electron chi connectivity index (χ4n) is 1.14. The minimum absolute atomic E-state index is 0.225. The van der Waals surface area contributed by atoms with E-state index >= 15 is 0 Å². The van der Waals surface area contributed by atoms with E-state index in [1.807, 2.05) is 0 Å². The van der Waals surface area contributed by atoms with Gasteiger partial charge in [-0.05, 0) is 12.8 Å². The predicted molar refractivity (Wildman–Crippen MR) is 62.7 cm³/mol. The quantitative estimate of drug-likeness (QED) is 0.623. The van der Waals surface area contributed by atoms with Gasteiger partial charge in [-0.2, -0.15) is 0 Å². The van der Waals surface area contributed by atoms with Gasteiger partial charge in [0.2, 0.25) is 0 Å². The Bertz CT molecular complexity index is 92.7. The Morgan fingerprint density at radius 2 is 2.00 bits per heavy atom. The van der Waals surface area contributed by atoms with Crippen molar-refractivity contribution >= 4 is 26.9 Å². The molecule has 74 valence electrons. The highest BCUT2D eigenvalue weighted by molar-refractivity contribution is 8.00. The molecule has 5 atom stereocenters. The maximum atomic E-state index is 5.58. The van der Waals surface area contributed by atoms with Crippen LogP contribution in [0.25, 0.3) is 0 Å². The summed E-state index contributed by atoms with van der Waals surface area (Å²) in [6, 6.07) is 0. The highest BCUT2D eigenvalue weighted by atomic mass is 32.0. The standard InChI is InChI=1S/C7H19O2P3/c1-3-5-7(9-12-11)6(4-2)8-10/h6-7,12H,3-5,10-11H2,1-2H3/t6?,7-/m0/s1. The van der Waals surface area contributed by atoms with Crippen molar-refractivity contribution in [1.29, 1.82) is 0 Å². The molecule has 0 amide bonds. The fourth-order valence-corrected chi connectivity index (χ4v) is 2.48. The summed E-state index contributed by atoms with van der Waals surface area (Å²) >= 11 is 0. The lowest BCUT2D eigenvalue weighted by Crippen LogP contribution is -2.26. The van der Waals surface area contributed by atoms with Crippen molar-refractivity contribution < 1.29 is 9.05 Å². The first kappa shape index (κ1) is 13.2. The summed E-state index contributed by atoms with van der Waals surface area (Å²) in [5.41, 5.74) is 0. The third-order valence-electron chi connectivity index (χ3n) is 1.78. The van der Waals surface area contributed by atoms with Gasteiger partial charge in [-0.1, -0.05) is 29.2 Å². The Morgan fingerprint density at radius 1 is 1.33 bits per heavy atom. The van der Waals surface area contributed by atoms with Crippen LogP contribution in [0.4, 0.5) is 0 Å². The van der Waals surface area contributed by atoms with Crippen LogP contribution in [0, 0.1) is 0 Å². The van der Waals surface area contributed by atoms with Crippen molar-refractivity contribution in [3.63, 3.8) is 0 Å². The molecule has 0 fully saturated rings. The van der Waals surface area contributed by atoms with Crippen LogP contribution in [0.1, 0.15) is 33.1 Å². The topological polar surface area (TPSA) is 18.5 Å². The van der Waals surface area contributed by atoms with E-state index in [9.17, 15) is 0 Å². The molecule has 0 saturated heterocycles. The SMILES string of the molecule is CCC[C@H](OPP)C(CC)OP. The van der Waals surface area contributed by atoms with E-state index in [-0.39, 0.29) is 12.2 Å². The van der Waals surface area contributed by atoms with Gasteiger partial charge in [-0.3, -0.25) is 0 Å². The summed E-state index contributed by atoms with van der Waals surface area (Å²) in [4.78, 5) is 0. The minimum Gasteiger partial charge on any atom is -0.360 e. The van der Waals surface area contributed by atoms with Crippen LogP contribution >= 0.6 is 26.9 Å². The van der Waals surface area contributed by atoms with Crippen LogP contribution in [0.2, 0.25) is 0 Å². The summed E-state index contributed by atoms with van der Waals surface area (Å²) < 4.78 is 10.8. The average Bonchev–Trinajstić information content (AvgIpc) is 2.07. The first-order chi connectivity index (χ1) is 5.79.